The van der Waals surface area contributed by atoms with E-state index in [1.807, 2.05) is 0 Å². The van der Waals surface area contributed by atoms with E-state index in [0.29, 0.717) is 5.41 Å². The highest BCUT2D eigenvalue weighted by Crippen LogP contribution is 2.29. The van der Waals surface area contributed by atoms with Crippen LogP contribution in [0.25, 0.3) is 0 Å². The third-order valence-electron chi connectivity index (χ3n) is 5.38. The maximum Gasteiger partial charge on any atom is -0.0357 e. The van der Waals surface area contributed by atoms with Gasteiger partial charge in [0.1, 0.15) is 0 Å². The minimum atomic E-state index is 0.560. The molecule has 2 atom stereocenters. The molecule has 0 heteroatoms. The lowest BCUT2D eigenvalue weighted by Gasteiger charge is -2.23. The lowest BCUT2D eigenvalue weighted by Crippen LogP contribution is -2.10. The Morgan fingerprint density at radius 1 is 0.667 bits per heavy atom. The second-order valence-electron chi connectivity index (χ2n) is 8.88. The van der Waals surface area contributed by atoms with Gasteiger partial charge >= 0.3 is 0 Å². The van der Waals surface area contributed by atoms with Gasteiger partial charge in [-0.15, -0.1) is 0 Å². The van der Waals surface area contributed by atoms with Crippen LogP contribution in [0.3, 0.4) is 0 Å². The monoisotopic (exact) mass is 296 g/mol. The first-order valence-electron chi connectivity index (χ1n) is 9.76. The third kappa shape index (κ3) is 13.4. The van der Waals surface area contributed by atoms with Crippen LogP contribution in [0.1, 0.15) is 113 Å². The van der Waals surface area contributed by atoms with E-state index in [-0.39, 0.29) is 0 Å². The smallest absolute Gasteiger partial charge is 0.0357 e. The minimum absolute atomic E-state index is 0.560. The molecule has 0 aliphatic rings. The molecule has 2 unspecified atom stereocenters. The van der Waals surface area contributed by atoms with Crippen LogP contribution in [0, 0.1) is 23.2 Å². The third-order valence-corrected chi connectivity index (χ3v) is 5.38. The van der Waals surface area contributed by atoms with Crippen molar-refractivity contribution in [2.45, 2.75) is 113 Å². The summed E-state index contributed by atoms with van der Waals surface area (Å²) in [6, 6.07) is 0. The van der Waals surface area contributed by atoms with Crippen LogP contribution >= 0.6 is 0 Å². The van der Waals surface area contributed by atoms with Crippen molar-refractivity contribution in [3.05, 3.63) is 0 Å². The molecule has 0 saturated heterocycles. The van der Waals surface area contributed by atoms with Crippen molar-refractivity contribution in [1.82, 2.24) is 0 Å². The molecule has 0 radical (unpaired) electrons. The van der Waals surface area contributed by atoms with Gasteiger partial charge in [-0.05, 0) is 29.6 Å². The molecule has 0 aromatic heterocycles. The van der Waals surface area contributed by atoms with Crippen molar-refractivity contribution in [2.75, 3.05) is 0 Å². The van der Waals surface area contributed by atoms with Crippen molar-refractivity contribution >= 4 is 0 Å². The van der Waals surface area contributed by atoms with E-state index in [9.17, 15) is 0 Å². The fourth-order valence-electron chi connectivity index (χ4n) is 3.08. The average Bonchev–Trinajstić information content (AvgIpc) is 2.38. The molecule has 0 fully saturated rings. The highest BCUT2D eigenvalue weighted by Gasteiger charge is 2.15. The lowest BCUT2D eigenvalue weighted by molar-refractivity contribution is 0.293. The van der Waals surface area contributed by atoms with Crippen molar-refractivity contribution < 1.29 is 0 Å². The zero-order chi connectivity index (χ0) is 16.3. The van der Waals surface area contributed by atoms with E-state index in [4.69, 9.17) is 0 Å². The summed E-state index contributed by atoms with van der Waals surface area (Å²) in [4.78, 5) is 0. The van der Waals surface area contributed by atoms with Crippen LogP contribution in [-0.2, 0) is 0 Å². The van der Waals surface area contributed by atoms with Gasteiger partial charge in [-0.2, -0.15) is 0 Å². The molecule has 0 rings (SSSR count). The Kier molecular flexibility index (Phi) is 11.6. The highest BCUT2D eigenvalue weighted by atomic mass is 14.2. The summed E-state index contributed by atoms with van der Waals surface area (Å²) in [5.41, 5.74) is 0.560. The summed E-state index contributed by atoms with van der Waals surface area (Å²) < 4.78 is 0. The Bertz CT molecular complexity index is 226. The Labute approximate surface area is 136 Å². The summed E-state index contributed by atoms with van der Waals surface area (Å²) >= 11 is 0. The van der Waals surface area contributed by atoms with Gasteiger partial charge in [-0.3, -0.25) is 0 Å². The van der Waals surface area contributed by atoms with Crippen LogP contribution in [0.5, 0.6) is 0 Å². The standard InChI is InChI=1S/C21H44/c1-8-21(6,7)17-11-16-20(5)15-10-14-19(4)13-9-12-18(2)3/h18-20H,8-17H2,1-7H3. The quantitative estimate of drug-likeness (QED) is 0.324. The van der Waals surface area contributed by atoms with Gasteiger partial charge in [0.15, 0.2) is 0 Å². The predicted octanol–water partition coefficient (Wildman–Crippen LogP) is 7.86. The van der Waals surface area contributed by atoms with Crippen LogP contribution in [0.2, 0.25) is 0 Å². The summed E-state index contributed by atoms with van der Waals surface area (Å²) in [5, 5.41) is 0. The summed E-state index contributed by atoms with van der Waals surface area (Å²) in [6.07, 6.45) is 14.2. The maximum absolute atomic E-state index is 2.46. The van der Waals surface area contributed by atoms with Crippen molar-refractivity contribution in [3.63, 3.8) is 0 Å². The number of hydrogen-bond donors (Lipinski definition) is 0. The summed E-state index contributed by atoms with van der Waals surface area (Å²) in [5.74, 6) is 2.75. The molecule has 0 aliphatic carbocycles. The molecule has 0 spiro atoms. The second kappa shape index (κ2) is 11.6. The zero-order valence-electron chi connectivity index (χ0n) is 16.3. The SMILES string of the molecule is CCC(C)(C)CCCC(C)CCCC(C)CCCC(C)C. The van der Waals surface area contributed by atoms with Gasteiger partial charge in [-0.25, -0.2) is 0 Å². The molecule has 0 heterocycles. The molecule has 0 aromatic rings. The molecule has 128 valence electrons. The number of hydrogen-bond acceptors (Lipinski definition) is 0. The molecular weight excluding hydrogens is 252 g/mol. The largest absolute Gasteiger partial charge is 0.0649 e. The van der Waals surface area contributed by atoms with E-state index >= 15 is 0 Å². The molecule has 0 bridgehead atoms. The van der Waals surface area contributed by atoms with Crippen molar-refractivity contribution in [3.8, 4) is 0 Å². The first-order valence-corrected chi connectivity index (χ1v) is 9.76. The lowest BCUT2D eigenvalue weighted by atomic mass is 9.83. The maximum atomic E-state index is 2.46. The molecule has 0 amide bonds. The fraction of sp³-hybridized carbons (Fsp3) is 1.00. The molecule has 21 heavy (non-hydrogen) atoms. The second-order valence-corrected chi connectivity index (χ2v) is 8.88. The molecule has 0 aromatic carbocycles. The van der Waals surface area contributed by atoms with Crippen LogP contribution in [0.15, 0.2) is 0 Å². The molecule has 0 N–H and O–H groups in total. The van der Waals surface area contributed by atoms with Gasteiger partial charge in [-0.1, -0.05) is 106 Å². The Morgan fingerprint density at radius 2 is 1.10 bits per heavy atom. The normalized spacial score (nSPS) is 15.4. The van der Waals surface area contributed by atoms with Gasteiger partial charge in [0.25, 0.3) is 0 Å². The molecular formula is C21H44. The first-order chi connectivity index (χ1) is 9.76. The Hall–Kier alpha value is 0. The van der Waals surface area contributed by atoms with Crippen LogP contribution < -0.4 is 0 Å². The van der Waals surface area contributed by atoms with Crippen LogP contribution in [-0.4, -0.2) is 0 Å². The van der Waals surface area contributed by atoms with Crippen LogP contribution in [0.4, 0.5) is 0 Å². The summed E-state index contributed by atoms with van der Waals surface area (Å²) in [7, 11) is 0. The van der Waals surface area contributed by atoms with E-state index in [0.717, 1.165) is 17.8 Å². The Balaban J connectivity index is 3.54. The van der Waals surface area contributed by atoms with Crippen molar-refractivity contribution in [1.29, 1.82) is 0 Å². The fourth-order valence-corrected chi connectivity index (χ4v) is 3.08. The Morgan fingerprint density at radius 3 is 1.52 bits per heavy atom. The van der Waals surface area contributed by atoms with Gasteiger partial charge in [0.2, 0.25) is 0 Å². The topological polar surface area (TPSA) is 0 Å². The predicted molar refractivity (Wildman–Crippen MR) is 98.8 cm³/mol. The van der Waals surface area contributed by atoms with E-state index in [1.165, 1.54) is 64.2 Å². The van der Waals surface area contributed by atoms with E-state index in [2.05, 4.69) is 48.5 Å². The zero-order valence-corrected chi connectivity index (χ0v) is 16.3. The number of rotatable bonds is 13. The highest BCUT2D eigenvalue weighted by molar-refractivity contribution is 4.67. The average molecular weight is 297 g/mol. The van der Waals surface area contributed by atoms with Gasteiger partial charge in [0, 0.05) is 0 Å². The van der Waals surface area contributed by atoms with Gasteiger partial charge in [0.05, 0.1) is 0 Å². The van der Waals surface area contributed by atoms with E-state index < -0.39 is 0 Å². The van der Waals surface area contributed by atoms with E-state index in [1.54, 1.807) is 0 Å². The van der Waals surface area contributed by atoms with Crippen molar-refractivity contribution in [2.24, 2.45) is 23.2 Å². The first kappa shape index (κ1) is 21.0. The molecule has 0 saturated carbocycles. The minimum Gasteiger partial charge on any atom is -0.0649 e. The molecule has 0 aliphatic heterocycles. The molecule has 0 nitrogen and oxygen atoms in total. The summed E-state index contributed by atoms with van der Waals surface area (Å²) in [6.45, 7) is 16.7. The van der Waals surface area contributed by atoms with Gasteiger partial charge < -0.3 is 0 Å².